The molecule has 0 aliphatic heterocycles. The van der Waals surface area contributed by atoms with Gasteiger partial charge in [0.15, 0.2) is 0 Å². The van der Waals surface area contributed by atoms with E-state index in [0.717, 1.165) is 18.4 Å². The normalized spacial score (nSPS) is 23.1. The molecule has 0 heterocycles. The van der Waals surface area contributed by atoms with Crippen LogP contribution in [-0.2, 0) is 0 Å². The molecule has 2 aliphatic carbocycles. The van der Waals surface area contributed by atoms with Crippen LogP contribution < -0.4 is 11.5 Å². The molecule has 4 N–H and O–H groups in total. The minimum absolute atomic E-state index is 0.148. The van der Waals surface area contributed by atoms with Crippen LogP contribution in [0.15, 0.2) is 0 Å². The van der Waals surface area contributed by atoms with E-state index >= 15 is 0 Å². The Kier molecular flexibility index (Phi) is 6.83. The highest BCUT2D eigenvalue weighted by molar-refractivity contribution is 4.98. The third-order valence-electron chi connectivity index (χ3n) is 6.04. The Labute approximate surface area is 126 Å². The van der Waals surface area contributed by atoms with E-state index in [0.29, 0.717) is 0 Å². The SMILES string of the molecule is NCCCCCC(N)(C1CCCCC1)C1CCCCC1. The van der Waals surface area contributed by atoms with E-state index in [1.807, 2.05) is 0 Å². The number of hydrogen-bond acceptors (Lipinski definition) is 2. The third kappa shape index (κ3) is 4.21. The second-order valence-electron chi connectivity index (χ2n) is 7.38. The van der Waals surface area contributed by atoms with Crippen molar-refractivity contribution in [3.05, 3.63) is 0 Å². The first kappa shape index (κ1) is 16.3. The van der Waals surface area contributed by atoms with E-state index in [-0.39, 0.29) is 5.54 Å². The van der Waals surface area contributed by atoms with E-state index in [1.165, 1.54) is 89.9 Å². The fourth-order valence-corrected chi connectivity index (χ4v) is 4.77. The predicted octanol–water partition coefficient (Wildman–Crippen LogP) is 4.36. The molecule has 0 atom stereocenters. The molecule has 0 bridgehead atoms. The van der Waals surface area contributed by atoms with Crippen LogP contribution in [0.3, 0.4) is 0 Å². The summed E-state index contributed by atoms with van der Waals surface area (Å²) in [6.45, 7) is 0.838. The first-order valence-electron chi connectivity index (χ1n) is 9.26. The van der Waals surface area contributed by atoms with Crippen molar-refractivity contribution in [1.82, 2.24) is 0 Å². The molecule has 2 fully saturated rings. The number of unbranched alkanes of at least 4 members (excludes halogenated alkanes) is 2. The summed E-state index contributed by atoms with van der Waals surface area (Å²) in [5.74, 6) is 1.61. The molecule has 0 aromatic rings. The summed E-state index contributed by atoms with van der Waals surface area (Å²) in [5.41, 5.74) is 12.9. The maximum Gasteiger partial charge on any atom is 0.0211 e. The van der Waals surface area contributed by atoms with Crippen molar-refractivity contribution in [3.8, 4) is 0 Å². The van der Waals surface area contributed by atoms with Crippen molar-refractivity contribution in [2.45, 2.75) is 95.4 Å². The lowest BCUT2D eigenvalue weighted by molar-refractivity contribution is 0.0940. The van der Waals surface area contributed by atoms with E-state index in [1.54, 1.807) is 0 Å². The van der Waals surface area contributed by atoms with Gasteiger partial charge in [-0.3, -0.25) is 0 Å². The highest BCUT2D eigenvalue weighted by atomic mass is 14.8. The molecule has 20 heavy (non-hydrogen) atoms. The molecule has 0 aromatic carbocycles. The fourth-order valence-electron chi connectivity index (χ4n) is 4.77. The van der Waals surface area contributed by atoms with Crippen LogP contribution in [0.5, 0.6) is 0 Å². The zero-order valence-electron chi connectivity index (χ0n) is 13.4. The summed E-state index contributed by atoms with van der Waals surface area (Å²) in [6, 6.07) is 0. The van der Waals surface area contributed by atoms with Crippen molar-refractivity contribution in [1.29, 1.82) is 0 Å². The molecule has 0 saturated heterocycles. The average Bonchev–Trinajstić information content (AvgIpc) is 2.53. The zero-order chi connectivity index (χ0) is 14.3. The minimum atomic E-state index is 0.148. The summed E-state index contributed by atoms with van der Waals surface area (Å²) >= 11 is 0. The van der Waals surface area contributed by atoms with Gasteiger partial charge in [0, 0.05) is 5.54 Å². The van der Waals surface area contributed by atoms with Gasteiger partial charge < -0.3 is 11.5 Å². The molecule has 2 nitrogen and oxygen atoms in total. The van der Waals surface area contributed by atoms with Gasteiger partial charge >= 0.3 is 0 Å². The zero-order valence-corrected chi connectivity index (χ0v) is 13.4. The molecule has 0 amide bonds. The molecule has 2 rings (SSSR count). The third-order valence-corrected chi connectivity index (χ3v) is 6.04. The topological polar surface area (TPSA) is 52.0 Å². The van der Waals surface area contributed by atoms with Crippen LogP contribution in [0.25, 0.3) is 0 Å². The lowest BCUT2D eigenvalue weighted by Gasteiger charge is -2.47. The smallest absolute Gasteiger partial charge is 0.0211 e. The van der Waals surface area contributed by atoms with Gasteiger partial charge in [-0.2, -0.15) is 0 Å². The Hall–Kier alpha value is -0.0800. The van der Waals surface area contributed by atoms with E-state index in [9.17, 15) is 0 Å². The van der Waals surface area contributed by atoms with Gasteiger partial charge in [-0.25, -0.2) is 0 Å². The summed E-state index contributed by atoms with van der Waals surface area (Å²) in [6.07, 6.45) is 19.1. The van der Waals surface area contributed by atoms with Crippen molar-refractivity contribution < 1.29 is 0 Å². The van der Waals surface area contributed by atoms with Gasteiger partial charge in [0.1, 0.15) is 0 Å². The van der Waals surface area contributed by atoms with Crippen molar-refractivity contribution in [2.75, 3.05) is 6.54 Å². The van der Waals surface area contributed by atoms with Crippen LogP contribution in [-0.4, -0.2) is 12.1 Å². The quantitative estimate of drug-likeness (QED) is 0.681. The number of rotatable bonds is 7. The monoisotopic (exact) mass is 280 g/mol. The maximum atomic E-state index is 7.10. The van der Waals surface area contributed by atoms with E-state index < -0.39 is 0 Å². The molecule has 0 radical (unpaired) electrons. The van der Waals surface area contributed by atoms with Crippen LogP contribution in [0, 0.1) is 11.8 Å². The lowest BCUT2D eigenvalue weighted by atomic mass is 9.63. The summed E-state index contributed by atoms with van der Waals surface area (Å²) in [4.78, 5) is 0. The molecule has 118 valence electrons. The fraction of sp³-hybridized carbons (Fsp3) is 1.00. The highest BCUT2D eigenvalue weighted by Gasteiger charge is 2.41. The molecule has 0 unspecified atom stereocenters. The van der Waals surface area contributed by atoms with Gasteiger partial charge in [-0.15, -0.1) is 0 Å². The Balaban J connectivity index is 1.96. The molecule has 0 aromatic heterocycles. The summed E-state index contributed by atoms with van der Waals surface area (Å²) in [5, 5.41) is 0. The standard InChI is InChI=1S/C18H36N2/c19-15-9-3-8-14-18(20,16-10-4-1-5-11-16)17-12-6-2-7-13-17/h16-17H,1-15,19-20H2. The van der Waals surface area contributed by atoms with Crippen molar-refractivity contribution in [2.24, 2.45) is 23.3 Å². The average molecular weight is 280 g/mol. The Morgan fingerprint density at radius 2 is 1.20 bits per heavy atom. The Bertz CT molecular complexity index is 234. The van der Waals surface area contributed by atoms with E-state index in [4.69, 9.17) is 11.5 Å². The molecule has 2 heteroatoms. The second-order valence-corrected chi connectivity index (χ2v) is 7.38. The van der Waals surface area contributed by atoms with Gasteiger partial charge in [0.05, 0.1) is 0 Å². The molecular formula is C18H36N2. The first-order chi connectivity index (χ1) is 9.77. The van der Waals surface area contributed by atoms with Gasteiger partial charge in [0.25, 0.3) is 0 Å². The van der Waals surface area contributed by atoms with Gasteiger partial charge in [-0.1, -0.05) is 51.4 Å². The summed E-state index contributed by atoms with van der Waals surface area (Å²) in [7, 11) is 0. The highest BCUT2D eigenvalue weighted by Crippen LogP contribution is 2.43. The maximum absolute atomic E-state index is 7.10. The van der Waals surface area contributed by atoms with Crippen molar-refractivity contribution >= 4 is 0 Å². The van der Waals surface area contributed by atoms with Crippen LogP contribution in [0.4, 0.5) is 0 Å². The molecule has 2 aliphatic rings. The van der Waals surface area contributed by atoms with Crippen LogP contribution in [0.1, 0.15) is 89.9 Å². The Morgan fingerprint density at radius 1 is 0.700 bits per heavy atom. The largest absolute Gasteiger partial charge is 0.330 e. The number of hydrogen-bond donors (Lipinski definition) is 2. The minimum Gasteiger partial charge on any atom is -0.330 e. The van der Waals surface area contributed by atoms with Crippen molar-refractivity contribution in [3.63, 3.8) is 0 Å². The van der Waals surface area contributed by atoms with Gasteiger partial charge in [0.2, 0.25) is 0 Å². The Morgan fingerprint density at radius 3 is 1.65 bits per heavy atom. The van der Waals surface area contributed by atoms with Crippen LogP contribution >= 0.6 is 0 Å². The molecular weight excluding hydrogens is 244 g/mol. The molecule has 0 spiro atoms. The van der Waals surface area contributed by atoms with E-state index in [2.05, 4.69) is 0 Å². The second kappa shape index (κ2) is 8.38. The predicted molar refractivity (Wildman–Crippen MR) is 87.6 cm³/mol. The lowest BCUT2D eigenvalue weighted by Crippen LogP contribution is -2.54. The van der Waals surface area contributed by atoms with Gasteiger partial charge in [-0.05, 0) is 56.9 Å². The first-order valence-corrected chi connectivity index (χ1v) is 9.26. The number of nitrogens with two attached hydrogens (primary N) is 2. The molecule has 2 saturated carbocycles. The van der Waals surface area contributed by atoms with Crippen LogP contribution in [0.2, 0.25) is 0 Å². The summed E-state index contributed by atoms with van der Waals surface area (Å²) < 4.78 is 0.